The van der Waals surface area contributed by atoms with Crippen molar-refractivity contribution in [2.75, 3.05) is 0 Å². The van der Waals surface area contributed by atoms with Gasteiger partial charge in [0.1, 0.15) is 11.6 Å². The van der Waals surface area contributed by atoms with Gasteiger partial charge in [-0.2, -0.15) is 0 Å². The van der Waals surface area contributed by atoms with Crippen LogP contribution in [-0.4, -0.2) is 0 Å². The second-order valence-electron chi connectivity index (χ2n) is 5.27. The van der Waals surface area contributed by atoms with Gasteiger partial charge in [-0.15, -0.1) is 0 Å². The third-order valence-electron chi connectivity index (χ3n) is 3.85. The first-order valence-corrected chi connectivity index (χ1v) is 6.74. The van der Waals surface area contributed by atoms with E-state index in [4.69, 9.17) is 5.73 Å². The van der Waals surface area contributed by atoms with Gasteiger partial charge in [0.25, 0.3) is 0 Å². The van der Waals surface area contributed by atoms with Crippen molar-refractivity contribution in [2.24, 2.45) is 5.73 Å². The summed E-state index contributed by atoms with van der Waals surface area (Å²) in [5.41, 5.74) is 8.35. The van der Waals surface area contributed by atoms with Crippen LogP contribution in [0.25, 0.3) is 0 Å². The van der Waals surface area contributed by atoms with Gasteiger partial charge in [0.05, 0.1) is 0 Å². The van der Waals surface area contributed by atoms with Gasteiger partial charge in [-0.25, -0.2) is 8.78 Å². The van der Waals surface area contributed by atoms with E-state index in [-0.39, 0.29) is 11.6 Å². The van der Waals surface area contributed by atoms with Gasteiger partial charge in [0.2, 0.25) is 0 Å². The van der Waals surface area contributed by atoms with Gasteiger partial charge in [-0.3, -0.25) is 0 Å². The molecular formula is C17H19F2N. The fraction of sp³-hybridized carbons (Fsp3) is 0.294. The Kier molecular flexibility index (Phi) is 4.19. The highest BCUT2D eigenvalue weighted by atomic mass is 19.1. The first-order chi connectivity index (χ1) is 9.44. The highest BCUT2D eigenvalue weighted by Crippen LogP contribution is 2.28. The molecule has 2 N–H and O–H groups in total. The summed E-state index contributed by atoms with van der Waals surface area (Å²) in [6, 6.07) is 11.0. The number of aryl methyl sites for hydroxylation is 1. The lowest BCUT2D eigenvalue weighted by Gasteiger charge is -2.30. The number of benzene rings is 2. The number of hydrogen-bond acceptors (Lipinski definition) is 1. The Balaban J connectivity index is 2.39. The minimum absolute atomic E-state index is 0.275. The maximum absolute atomic E-state index is 13.4. The van der Waals surface area contributed by atoms with Gasteiger partial charge in [-0.1, -0.05) is 25.1 Å². The minimum atomic E-state index is -0.694. The maximum Gasteiger partial charge on any atom is 0.123 e. The molecule has 0 spiro atoms. The third-order valence-corrected chi connectivity index (χ3v) is 3.85. The van der Waals surface area contributed by atoms with Gasteiger partial charge < -0.3 is 5.73 Å². The molecule has 0 saturated carbocycles. The lowest BCUT2D eigenvalue weighted by atomic mass is 9.81. The molecule has 0 fully saturated rings. The van der Waals surface area contributed by atoms with E-state index < -0.39 is 5.54 Å². The molecule has 0 saturated heterocycles. The van der Waals surface area contributed by atoms with Crippen LogP contribution in [0.4, 0.5) is 8.78 Å². The summed E-state index contributed by atoms with van der Waals surface area (Å²) in [5, 5.41) is 0. The summed E-state index contributed by atoms with van der Waals surface area (Å²) in [4.78, 5) is 0. The summed E-state index contributed by atoms with van der Waals surface area (Å²) in [6.45, 7) is 3.88. The van der Waals surface area contributed by atoms with Crippen LogP contribution < -0.4 is 5.73 Å². The molecule has 1 nitrogen and oxygen atoms in total. The molecule has 1 unspecified atom stereocenters. The van der Waals surface area contributed by atoms with Gasteiger partial charge in [0.15, 0.2) is 0 Å². The zero-order chi connectivity index (χ0) is 14.8. The zero-order valence-electron chi connectivity index (χ0n) is 11.8. The van der Waals surface area contributed by atoms with Crippen molar-refractivity contribution in [3.8, 4) is 0 Å². The molecule has 20 heavy (non-hydrogen) atoms. The maximum atomic E-state index is 13.4. The predicted octanol–water partition coefficient (Wildman–Crippen LogP) is 4.08. The summed E-state index contributed by atoms with van der Waals surface area (Å²) in [7, 11) is 0. The Morgan fingerprint density at radius 2 is 1.75 bits per heavy atom. The number of hydrogen-bond donors (Lipinski definition) is 1. The van der Waals surface area contributed by atoms with Crippen molar-refractivity contribution in [1.29, 1.82) is 0 Å². The summed E-state index contributed by atoms with van der Waals surface area (Å²) in [6.07, 6.45) is 1.13. The lowest BCUT2D eigenvalue weighted by Crippen LogP contribution is -2.38. The van der Waals surface area contributed by atoms with Crippen molar-refractivity contribution in [2.45, 2.75) is 32.2 Å². The van der Waals surface area contributed by atoms with E-state index in [1.54, 1.807) is 12.1 Å². The second kappa shape index (κ2) is 5.71. The van der Waals surface area contributed by atoms with Crippen molar-refractivity contribution in [1.82, 2.24) is 0 Å². The summed E-state index contributed by atoms with van der Waals surface area (Å²) < 4.78 is 26.8. The Morgan fingerprint density at radius 3 is 2.40 bits per heavy atom. The number of halogens is 2. The van der Waals surface area contributed by atoms with E-state index >= 15 is 0 Å². The van der Waals surface area contributed by atoms with Crippen LogP contribution in [0.3, 0.4) is 0 Å². The van der Waals surface area contributed by atoms with Crippen LogP contribution in [-0.2, 0) is 12.0 Å². The minimum Gasteiger partial charge on any atom is -0.321 e. The Morgan fingerprint density at radius 1 is 1.05 bits per heavy atom. The molecule has 2 aromatic rings. The van der Waals surface area contributed by atoms with E-state index in [9.17, 15) is 8.78 Å². The Labute approximate surface area is 118 Å². The molecule has 0 bridgehead atoms. The van der Waals surface area contributed by atoms with E-state index in [1.165, 1.54) is 24.3 Å². The topological polar surface area (TPSA) is 26.0 Å². The summed E-state index contributed by atoms with van der Waals surface area (Å²) >= 11 is 0. The van der Waals surface area contributed by atoms with Crippen LogP contribution in [0.2, 0.25) is 0 Å². The first kappa shape index (κ1) is 14.7. The lowest BCUT2D eigenvalue weighted by molar-refractivity contribution is 0.420. The molecule has 0 aromatic heterocycles. The monoisotopic (exact) mass is 275 g/mol. The molecule has 106 valence electrons. The van der Waals surface area contributed by atoms with Crippen molar-refractivity contribution in [3.05, 3.63) is 70.8 Å². The third kappa shape index (κ3) is 3.05. The largest absolute Gasteiger partial charge is 0.321 e. The molecule has 0 aliphatic rings. The molecule has 2 aromatic carbocycles. The van der Waals surface area contributed by atoms with Crippen LogP contribution in [0.15, 0.2) is 42.5 Å². The molecule has 3 heteroatoms. The molecular weight excluding hydrogens is 256 g/mol. The fourth-order valence-electron chi connectivity index (χ4n) is 2.40. The molecule has 0 heterocycles. The fourth-order valence-corrected chi connectivity index (χ4v) is 2.40. The smallest absolute Gasteiger partial charge is 0.123 e. The SMILES string of the molecule is CCC(N)(Cc1cc(F)ccc1C)c1cccc(F)c1. The van der Waals surface area contributed by atoms with Crippen molar-refractivity contribution in [3.63, 3.8) is 0 Å². The Hall–Kier alpha value is -1.74. The van der Waals surface area contributed by atoms with Crippen LogP contribution in [0.1, 0.15) is 30.0 Å². The quantitative estimate of drug-likeness (QED) is 0.894. The van der Waals surface area contributed by atoms with Crippen LogP contribution in [0.5, 0.6) is 0 Å². The molecule has 0 aliphatic heterocycles. The standard InChI is InChI=1S/C17H19F2N/c1-3-17(20,14-5-4-6-15(18)10-14)11-13-9-16(19)8-7-12(13)2/h4-10H,3,11,20H2,1-2H3. The second-order valence-corrected chi connectivity index (χ2v) is 5.27. The van der Waals surface area contributed by atoms with E-state index in [0.29, 0.717) is 12.8 Å². The highest BCUT2D eigenvalue weighted by molar-refractivity contribution is 5.33. The van der Waals surface area contributed by atoms with E-state index in [1.807, 2.05) is 19.9 Å². The average Bonchev–Trinajstić information content (AvgIpc) is 2.43. The first-order valence-electron chi connectivity index (χ1n) is 6.74. The highest BCUT2D eigenvalue weighted by Gasteiger charge is 2.26. The molecule has 0 radical (unpaired) electrons. The van der Waals surface area contributed by atoms with Crippen LogP contribution >= 0.6 is 0 Å². The zero-order valence-corrected chi connectivity index (χ0v) is 11.8. The number of rotatable bonds is 4. The molecule has 1 atom stereocenters. The average molecular weight is 275 g/mol. The van der Waals surface area contributed by atoms with Gasteiger partial charge in [-0.05, 0) is 60.7 Å². The van der Waals surface area contributed by atoms with Gasteiger partial charge in [0, 0.05) is 5.54 Å². The molecule has 0 amide bonds. The predicted molar refractivity (Wildman–Crippen MR) is 77.4 cm³/mol. The van der Waals surface area contributed by atoms with E-state index in [2.05, 4.69) is 0 Å². The molecule has 2 rings (SSSR count). The van der Waals surface area contributed by atoms with Crippen molar-refractivity contribution < 1.29 is 8.78 Å². The molecule has 0 aliphatic carbocycles. The van der Waals surface area contributed by atoms with E-state index in [0.717, 1.165) is 16.7 Å². The number of nitrogens with two attached hydrogens (primary N) is 1. The summed E-state index contributed by atoms with van der Waals surface area (Å²) in [5.74, 6) is -0.579. The normalized spacial score (nSPS) is 14.1. The van der Waals surface area contributed by atoms with Gasteiger partial charge >= 0.3 is 0 Å². The Bertz CT molecular complexity index is 610. The van der Waals surface area contributed by atoms with Crippen LogP contribution in [0, 0.1) is 18.6 Å². The van der Waals surface area contributed by atoms with Crippen molar-refractivity contribution >= 4 is 0 Å².